The third-order valence-electron chi connectivity index (χ3n) is 4.44. The number of nitrogens with zero attached hydrogens (tertiary/aromatic N) is 4. The number of imidazole rings is 1. The number of aromatic amines is 1. The lowest BCUT2D eigenvalue weighted by Crippen LogP contribution is -2.13. The van der Waals surface area contributed by atoms with Crippen LogP contribution in [0.5, 0.6) is 0 Å². The van der Waals surface area contributed by atoms with Gasteiger partial charge in [-0.05, 0) is 13.8 Å². The van der Waals surface area contributed by atoms with Gasteiger partial charge in [0.25, 0.3) is 6.43 Å². The molecule has 0 atom stereocenters. The average molecular weight is 417 g/mol. The van der Waals surface area contributed by atoms with Crippen LogP contribution < -0.4 is 10.6 Å². The molecule has 1 amide bonds. The zero-order valence-electron chi connectivity index (χ0n) is 16.3. The topological polar surface area (TPSA) is 100 Å². The molecule has 0 saturated carbocycles. The highest BCUT2D eigenvalue weighted by Crippen LogP contribution is 2.42. The summed E-state index contributed by atoms with van der Waals surface area (Å²) in [6.07, 6.45) is 2.62. The van der Waals surface area contributed by atoms with Gasteiger partial charge in [-0.3, -0.25) is 14.9 Å². The van der Waals surface area contributed by atoms with E-state index < -0.39 is 17.8 Å². The number of nitrogens with one attached hydrogen (secondary N) is 3. The third kappa shape index (κ3) is 3.31. The Morgan fingerprint density at radius 3 is 2.67 bits per heavy atom. The summed E-state index contributed by atoms with van der Waals surface area (Å²) in [6, 6.07) is -0.185. The van der Waals surface area contributed by atoms with Gasteiger partial charge in [-0.2, -0.15) is 5.10 Å². The average Bonchev–Trinajstić information content (AvgIpc) is 3.28. The van der Waals surface area contributed by atoms with Gasteiger partial charge >= 0.3 is 0 Å². The van der Waals surface area contributed by atoms with Crippen LogP contribution in [0.15, 0.2) is 24.8 Å². The molecule has 4 rings (SSSR count). The molecule has 0 aliphatic rings. The van der Waals surface area contributed by atoms with Gasteiger partial charge in [0.1, 0.15) is 0 Å². The number of hydrogen-bond acceptors (Lipinski definition) is 5. The van der Waals surface area contributed by atoms with Gasteiger partial charge in [-0.25, -0.2) is 18.2 Å². The first-order chi connectivity index (χ1) is 14.3. The van der Waals surface area contributed by atoms with Crippen LogP contribution in [0, 0.1) is 5.82 Å². The van der Waals surface area contributed by atoms with Crippen LogP contribution in [0.3, 0.4) is 0 Å². The zero-order chi connectivity index (χ0) is 21.6. The van der Waals surface area contributed by atoms with Gasteiger partial charge in [-0.1, -0.05) is 0 Å². The smallest absolute Gasteiger partial charge is 0.267 e. The predicted molar refractivity (Wildman–Crippen MR) is 106 cm³/mol. The summed E-state index contributed by atoms with van der Waals surface area (Å²) >= 11 is 0. The first-order valence-electron chi connectivity index (χ1n) is 9.12. The van der Waals surface area contributed by atoms with Gasteiger partial charge in [0.15, 0.2) is 17.3 Å². The molecule has 0 aliphatic heterocycles. The monoisotopic (exact) mass is 417 g/mol. The molecule has 8 nitrogen and oxygen atoms in total. The highest BCUT2D eigenvalue weighted by molar-refractivity contribution is 6.02. The van der Waals surface area contributed by atoms with Crippen molar-refractivity contribution in [2.24, 2.45) is 0 Å². The quantitative estimate of drug-likeness (QED) is 0.453. The number of aromatic nitrogens is 5. The van der Waals surface area contributed by atoms with Crippen LogP contribution in [0.1, 0.15) is 32.8 Å². The van der Waals surface area contributed by atoms with Crippen LogP contribution in [0.2, 0.25) is 0 Å². The van der Waals surface area contributed by atoms with E-state index in [1.54, 1.807) is 13.8 Å². The van der Waals surface area contributed by atoms with E-state index in [0.29, 0.717) is 11.0 Å². The van der Waals surface area contributed by atoms with Crippen LogP contribution >= 0.6 is 0 Å². The molecule has 156 valence electrons. The number of anilines is 2. The molecule has 11 heteroatoms. The van der Waals surface area contributed by atoms with Crippen LogP contribution in [0.25, 0.3) is 27.8 Å². The molecule has 30 heavy (non-hydrogen) atoms. The van der Waals surface area contributed by atoms with Gasteiger partial charge in [0.05, 0.1) is 41.1 Å². The molecule has 0 radical (unpaired) electrons. The van der Waals surface area contributed by atoms with Crippen LogP contribution in [-0.2, 0) is 4.79 Å². The Balaban J connectivity index is 1.97. The minimum Gasteiger partial charge on any atom is -0.379 e. The maximum Gasteiger partial charge on any atom is 0.267 e. The lowest BCUT2D eigenvalue weighted by Gasteiger charge is -2.18. The number of rotatable bonds is 5. The van der Waals surface area contributed by atoms with Crippen molar-refractivity contribution >= 4 is 34.0 Å². The van der Waals surface area contributed by atoms with E-state index in [1.165, 1.54) is 36.1 Å². The van der Waals surface area contributed by atoms with E-state index in [9.17, 15) is 13.6 Å². The number of H-pyrrole nitrogens is 1. The molecule has 0 bridgehead atoms. The Morgan fingerprint density at radius 1 is 1.23 bits per heavy atom. The molecule has 3 N–H and O–H groups in total. The van der Waals surface area contributed by atoms with E-state index in [4.69, 9.17) is 0 Å². The second-order valence-electron chi connectivity index (χ2n) is 7.08. The summed E-state index contributed by atoms with van der Waals surface area (Å²) in [5.74, 6) is -1.08. The van der Waals surface area contributed by atoms with E-state index >= 15 is 4.39 Å². The first kappa shape index (κ1) is 19.7. The fourth-order valence-electron chi connectivity index (χ4n) is 3.34. The normalized spacial score (nSPS) is 11.7. The van der Waals surface area contributed by atoms with Gasteiger partial charge in [-0.15, -0.1) is 0 Å². The van der Waals surface area contributed by atoms with E-state index in [-0.39, 0.29) is 40.2 Å². The van der Waals surface area contributed by atoms with Gasteiger partial charge in [0, 0.05) is 30.1 Å². The number of carbonyl (C=O) groups excluding carboxylic acids is 1. The summed E-state index contributed by atoms with van der Waals surface area (Å²) in [7, 11) is 0. The standard InChI is InChI=1S/C19H18F3N7O/c1-8(2)25-18-16(20)15(19(21)22)14(10-4-24-28-17(10)18)11-6-29-7-12(26-9(3)30)27-13(29)5-23-11/h4-8,19,25H,1-3H3,(H,24,28)(H,26,30). The molecule has 0 aliphatic carbocycles. The lowest BCUT2D eigenvalue weighted by molar-refractivity contribution is -0.114. The van der Waals surface area contributed by atoms with Crippen LogP contribution in [-0.4, -0.2) is 36.5 Å². The number of amides is 1. The molecule has 4 aromatic rings. The molecular weight excluding hydrogens is 399 g/mol. The zero-order valence-corrected chi connectivity index (χ0v) is 16.3. The Hall–Kier alpha value is -3.63. The van der Waals surface area contributed by atoms with Crippen molar-refractivity contribution in [3.8, 4) is 11.3 Å². The number of fused-ring (bicyclic) bond motifs is 2. The van der Waals surface area contributed by atoms with Gasteiger partial charge < -0.3 is 15.0 Å². The largest absolute Gasteiger partial charge is 0.379 e. The van der Waals surface area contributed by atoms with Crippen molar-refractivity contribution in [2.45, 2.75) is 33.2 Å². The first-order valence-corrected chi connectivity index (χ1v) is 9.12. The SMILES string of the molecule is CC(=O)Nc1cn2cc(-c3c(C(F)F)c(F)c(NC(C)C)c4[nH]ncc34)ncc2n1. The molecule has 0 unspecified atom stereocenters. The molecule has 0 saturated heterocycles. The summed E-state index contributed by atoms with van der Waals surface area (Å²) in [6.45, 7) is 4.89. The minimum absolute atomic E-state index is 0.0581. The maximum atomic E-state index is 15.2. The molecule has 1 aromatic carbocycles. The molecule has 3 aromatic heterocycles. The number of alkyl halides is 2. The molecule has 0 fully saturated rings. The summed E-state index contributed by atoms with van der Waals surface area (Å²) in [4.78, 5) is 19.6. The fourth-order valence-corrected chi connectivity index (χ4v) is 3.34. The Bertz CT molecular complexity index is 1260. The van der Waals surface area contributed by atoms with Crippen molar-refractivity contribution in [3.05, 3.63) is 36.2 Å². The number of halogens is 3. The highest BCUT2D eigenvalue weighted by Gasteiger charge is 2.28. The van der Waals surface area contributed by atoms with Crippen molar-refractivity contribution in [2.75, 3.05) is 10.6 Å². The van der Waals surface area contributed by atoms with Gasteiger partial charge in [0.2, 0.25) is 5.91 Å². The Labute approximate surface area is 168 Å². The summed E-state index contributed by atoms with van der Waals surface area (Å²) in [5, 5.41) is 12.3. The number of hydrogen-bond donors (Lipinski definition) is 3. The van der Waals surface area contributed by atoms with E-state index in [2.05, 4.69) is 30.8 Å². The summed E-state index contributed by atoms with van der Waals surface area (Å²) in [5.41, 5.74) is -0.104. The van der Waals surface area contributed by atoms with E-state index in [0.717, 1.165) is 0 Å². The maximum absolute atomic E-state index is 15.2. The number of benzene rings is 1. The van der Waals surface area contributed by atoms with Crippen molar-refractivity contribution in [3.63, 3.8) is 0 Å². The van der Waals surface area contributed by atoms with Crippen LogP contribution in [0.4, 0.5) is 24.7 Å². The van der Waals surface area contributed by atoms with Crippen molar-refractivity contribution in [1.82, 2.24) is 24.6 Å². The van der Waals surface area contributed by atoms with Crippen molar-refractivity contribution in [1.29, 1.82) is 0 Å². The lowest BCUT2D eigenvalue weighted by atomic mass is 9.98. The fraction of sp³-hybridized carbons (Fsp3) is 0.263. The molecular formula is C19H18F3N7O. The molecule has 3 heterocycles. The van der Waals surface area contributed by atoms with Crippen molar-refractivity contribution < 1.29 is 18.0 Å². The second-order valence-corrected chi connectivity index (χ2v) is 7.08. The Kier molecular flexibility index (Phi) is 4.80. The van der Waals surface area contributed by atoms with E-state index in [1.807, 2.05) is 0 Å². The third-order valence-corrected chi connectivity index (χ3v) is 4.44. The predicted octanol–water partition coefficient (Wildman–Crippen LogP) is 4.13. The minimum atomic E-state index is -3.08. The summed E-state index contributed by atoms with van der Waals surface area (Å²) < 4.78 is 44.7. The second kappa shape index (κ2) is 7.32. The number of carbonyl (C=O) groups is 1. The Morgan fingerprint density at radius 2 is 2.00 bits per heavy atom. The highest BCUT2D eigenvalue weighted by atomic mass is 19.3. The molecule has 0 spiro atoms.